The lowest BCUT2D eigenvalue weighted by atomic mass is 10.0. The molecule has 0 bridgehead atoms. The molecule has 1 aliphatic rings. The Labute approximate surface area is 155 Å². The molecule has 2 rings (SSSR count). The van der Waals surface area contributed by atoms with E-state index in [-0.39, 0.29) is 22.5 Å². The predicted octanol–water partition coefficient (Wildman–Crippen LogP) is 0.630. The molecule has 1 aromatic rings. The molecule has 0 aliphatic carbocycles. The summed E-state index contributed by atoms with van der Waals surface area (Å²) in [7, 11) is 1.42. The van der Waals surface area contributed by atoms with Crippen LogP contribution >= 0.6 is 0 Å². The molecule has 1 N–H and O–H groups in total. The molecule has 7 nitrogen and oxygen atoms in total. The van der Waals surface area contributed by atoms with Gasteiger partial charge < -0.3 is 19.6 Å². The standard InChI is InChI=1S/C18H28N2O5S/c1-19(2)18(22)11-14-12-20(13-15(14)21)9-6-10-26(23,24)17-8-5-4-7-16(17)25-3/h4-5,7-8,14-15,21H,6,9-13H2,1-3H3/t14-,15-/m1/s1. The van der Waals surface area contributed by atoms with Crippen LogP contribution in [0.5, 0.6) is 5.75 Å². The molecular formula is C18H28N2O5S. The first-order valence-electron chi connectivity index (χ1n) is 8.71. The smallest absolute Gasteiger partial charge is 0.222 e. The molecule has 26 heavy (non-hydrogen) atoms. The van der Waals surface area contributed by atoms with Gasteiger partial charge in [-0.25, -0.2) is 8.42 Å². The molecular weight excluding hydrogens is 356 g/mol. The number of para-hydroxylation sites is 1. The number of benzene rings is 1. The van der Waals surface area contributed by atoms with Crippen molar-refractivity contribution in [2.45, 2.75) is 23.8 Å². The van der Waals surface area contributed by atoms with E-state index >= 15 is 0 Å². The van der Waals surface area contributed by atoms with Crippen molar-refractivity contribution < 1.29 is 23.1 Å². The fourth-order valence-corrected chi connectivity index (χ4v) is 4.67. The topological polar surface area (TPSA) is 87.2 Å². The maximum Gasteiger partial charge on any atom is 0.222 e. The molecule has 1 fully saturated rings. The van der Waals surface area contributed by atoms with Crippen LogP contribution in [-0.2, 0) is 14.6 Å². The fourth-order valence-electron chi connectivity index (χ4n) is 3.20. The predicted molar refractivity (Wildman–Crippen MR) is 98.9 cm³/mol. The van der Waals surface area contributed by atoms with E-state index in [1.807, 2.05) is 4.90 Å². The van der Waals surface area contributed by atoms with Crippen molar-refractivity contribution in [3.8, 4) is 5.75 Å². The van der Waals surface area contributed by atoms with Gasteiger partial charge in [-0.1, -0.05) is 12.1 Å². The number of sulfone groups is 1. The highest BCUT2D eigenvalue weighted by Crippen LogP contribution is 2.25. The van der Waals surface area contributed by atoms with Gasteiger partial charge in [0.05, 0.1) is 19.0 Å². The van der Waals surface area contributed by atoms with Gasteiger partial charge >= 0.3 is 0 Å². The number of likely N-dealkylation sites (tertiary alicyclic amines) is 1. The molecule has 0 spiro atoms. The van der Waals surface area contributed by atoms with Gasteiger partial charge in [0, 0.05) is 39.5 Å². The summed E-state index contributed by atoms with van der Waals surface area (Å²) in [5, 5.41) is 10.1. The Morgan fingerprint density at radius 1 is 1.31 bits per heavy atom. The van der Waals surface area contributed by atoms with Crippen molar-refractivity contribution in [1.82, 2.24) is 9.80 Å². The van der Waals surface area contributed by atoms with E-state index in [0.717, 1.165) is 0 Å². The Morgan fingerprint density at radius 3 is 2.65 bits per heavy atom. The van der Waals surface area contributed by atoms with E-state index in [9.17, 15) is 18.3 Å². The van der Waals surface area contributed by atoms with Crippen LogP contribution in [0.4, 0.5) is 0 Å². The van der Waals surface area contributed by atoms with Gasteiger partial charge in [-0.2, -0.15) is 0 Å². The number of hydrogen-bond donors (Lipinski definition) is 1. The van der Waals surface area contributed by atoms with Crippen molar-refractivity contribution >= 4 is 15.7 Å². The second kappa shape index (κ2) is 8.83. The second-order valence-corrected chi connectivity index (χ2v) is 8.98. The Hall–Kier alpha value is -1.64. The summed E-state index contributed by atoms with van der Waals surface area (Å²) in [5.74, 6) is 0.262. The van der Waals surface area contributed by atoms with E-state index in [2.05, 4.69) is 0 Å². The first-order valence-corrected chi connectivity index (χ1v) is 10.4. The fraction of sp³-hybridized carbons (Fsp3) is 0.611. The highest BCUT2D eigenvalue weighted by Gasteiger charge is 2.33. The van der Waals surface area contributed by atoms with Gasteiger partial charge in [-0.3, -0.25) is 4.79 Å². The van der Waals surface area contributed by atoms with E-state index in [1.165, 1.54) is 12.0 Å². The number of methoxy groups -OCH3 is 1. The third-order valence-electron chi connectivity index (χ3n) is 4.71. The third-order valence-corrected chi connectivity index (χ3v) is 6.54. The highest BCUT2D eigenvalue weighted by molar-refractivity contribution is 7.91. The highest BCUT2D eigenvalue weighted by atomic mass is 32.2. The van der Waals surface area contributed by atoms with Crippen LogP contribution in [0.25, 0.3) is 0 Å². The van der Waals surface area contributed by atoms with Gasteiger partial charge in [-0.05, 0) is 25.1 Å². The average molecular weight is 384 g/mol. The van der Waals surface area contributed by atoms with E-state index in [1.54, 1.807) is 38.4 Å². The van der Waals surface area contributed by atoms with Crippen LogP contribution in [-0.4, -0.2) is 81.9 Å². The van der Waals surface area contributed by atoms with Crippen LogP contribution in [0.1, 0.15) is 12.8 Å². The van der Waals surface area contributed by atoms with E-state index in [0.29, 0.717) is 38.2 Å². The second-order valence-electron chi connectivity index (χ2n) is 6.90. The van der Waals surface area contributed by atoms with Crippen LogP contribution in [0.3, 0.4) is 0 Å². The SMILES string of the molecule is COc1ccccc1S(=O)(=O)CCCN1C[C@@H](CC(=O)N(C)C)[C@H](O)C1. The Bertz CT molecular complexity index is 720. The maximum absolute atomic E-state index is 12.5. The van der Waals surface area contributed by atoms with Gasteiger partial charge in [0.15, 0.2) is 9.84 Å². The Balaban J connectivity index is 1.87. The molecule has 0 aromatic heterocycles. The molecule has 2 atom stereocenters. The summed E-state index contributed by atoms with van der Waals surface area (Å²) in [6.07, 6.45) is 0.218. The number of aliphatic hydroxyl groups excluding tert-OH is 1. The minimum atomic E-state index is -3.43. The number of aliphatic hydroxyl groups is 1. The van der Waals surface area contributed by atoms with Crippen LogP contribution < -0.4 is 4.74 Å². The molecule has 1 aromatic carbocycles. The van der Waals surface area contributed by atoms with Gasteiger partial charge in [0.1, 0.15) is 10.6 Å². The lowest BCUT2D eigenvalue weighted by Crippen LogP contribution is -2.28. The molecule has 0 radical (unpaired) electrons. The molecule has 8 heteroatoms. The van der Waals surface area contributed by atoms with Crippen molar-refractivity contribution in [1.29, 1.82) is 0 Å². The molecule has 1 aliphatic heterocycles. The largest absolute Gasteiger partial charge is 0.495 e. The van der Waals surface area contributed by atoms with E-state index in [4.69, 9.17) is 4.74 Å². The number of carbonyl (C=O) groups is 1. The first kappa shape index (κ1) is 20.7. The molecule has 146 valence electrons. The number of nitrogens with zero attached hydrogens (tertiary/aromatic N) is 2. The zero-order chi connectivity index (χ0) is 19.3. The minimum absolute atomic E-state index is 0.00495. The number of ether oxygens (including phenoxy) is 1. The van der Waals surface area contributed by atoms with Gasteiger partial charge in [-0.15, -0.1) is 0 Å². The van der Waals surface area contributed by atoms with Gasteiger partial charge in [0.2, 0.25) is 5.91 Å². The Morgan fingerprint density at radius 2 is 2.00 bits per heavy atom. The number of amides is 1. The maximum atomic E-state index is 12.5. The van der Waals surface area contributed by atoms with Crippen LogP contribution in [0.2, 0.25) is 0 Å². The number of rotatable bonds is 8. The van der Waals surface area contributed by atoms with Crippen LogP contribution in [0.15, 0.2) is 29.2 Å². The number of carbonyl (C=O) groups excluding carboxylic acids is 1. The van der Waals surface area contributed by atoms with Crippen LogP contribution in [0, 0.1) is 5.92 Å². The first-order chi connectivity index (χ1) is 12.2. The minimum Gasteiger partial charge on any atom is -0.495 e. The zero-order valence-corrected chi connectivity index (χ0v) is 16.4. The quantitative estimate of drug-likeness (QED) is 0.707. The summed E-state index contributed by atoms with van der Waals surface area (Å²) < 4.78 is 30.2. The summed E-state index contributed by atoms with van der Waals surface area (Å²) >= 11 is 0. The zero-order valence-electron chi connectivity index (χ0n) is 15.6. The molecule has 1 amide bonds. The third kappa shape index (κ3) is 5.18. The van der Waals surface area contributed by atoms with Crippen molar-refractivity contribution in [2.75, 3.05) is 46.6 Å². The molecule has 0 unspecified atom stereocenters. The molecule has 0 saturated carbocycles. The Kier molecular flexibility index (Phi) is 7.02. The summed E-state index contributed by atoms with van der Waals surface area (Å²) in [4.78, 5) is 15.6. The molecule has 1 heterocycles. The molecule has 1 saturated heterocycles. The van der Waals surface area contributed by atoms with Gasteiger partial charge in [0.25, 0.3) is 0 Å². The van der Waals surface area contributed by atoms with E-state index < -0.39 is 15.9 Å². The van der Waals surface area contributed by atoms with Crippen molar-refractivity contribution in [2.24, 2.45) is 5.92 Å². The average Bonchev–Trinajstić information content (AvgIpc) is 2.94. The lowest BCUT2D eigenvalue weighted by molar-refractivity contribution is -0.130. The summed E-state index contributed by atoms with van der Waals surface area (Å²) in [6.45, 7) is 1.65. The number of hydrogen-bond acceptors (Lipinski definition) is 6. The van der Waals surface area contributed by atoms with Crippen molar-refractivity contribution in [3.05, 3.63) is 24.3 Å². The number of β-amino-alcohol motifs (C(OH)–C–C–N with tert-alkyl or cyclic N) is 1. The monoisotopic (exact) mass is 384 g/mol. The lowest BCUT2D eigenvalue weighted by Gasteiger charge is -2.17. The normalized spacial score (nSPS) is 20.9. The van der Waals surface area contributed by atoms with Crippen molar-refractivity contribution in [3.63, 3.8) is 0 Å². The summed E-state index contributed by atoms with van der Waals surface area (Å²) in [5.41, 5.74) is 0. The summed E-state index contributed by atoms with van der Waals surface area (Å²) in [6, 6.07) is 6.60.